The van der Waals surface area contributed by atoms with E-state index in [-0.39, 0.29) is 6.42 Å². The molecule has 0 unspecified atom stereocenters. The number of nitrogens with zero attached hydrogens (tertiary/aromatic N) is 1. The van der Waals surface area contributed by atoms with Gasteiger partial charge in [0.15, 0.2) is 5.54 Å². The number of hydrogen-bond acceptors (Lipinski definition) is 5. The smallest absolute Gasteiger partial charge is 0.408 e. The number of ether oxygens (including phenoxy) is 2. The average molecular weight is 268 g/mol. The molecule has 0 aliphatic heterocycles. The number of methoxy groups -OCH3 is 1. The van der Waals surface area contributed by atoms with E-state index in [1.807, 2.05) is 6.07 Å². The number of allylic oxidation sites excluding steroid dienone is 1. The van der Waals surface area contributed by atoms with Crippen LogP contribution in [0.4, 0.5) is 4.79 Å². The minimum atomic E-state index is -1.37. The van der Waals surface area contributed by atoms with E-state index in [0.29, 0.717) is 0 Å². The van der Waals surface area contributed by atoms with Crippen LogP contribution in [0, 0.1) is 11.3 Å². The first-order chi connectivity index (χ1) is 8.64. The van der Waals surface area contributed by atoms with Crippen molar-refractivity contribution < 1.29 is 19.1 Å². The molecule has 1 atom stereocenters. The van der Waals surface area contributed by atoms with Crippen LogP contribution in [0.5, 0.6) is 0 Å². The number of rotatable bonds is 4. The molecule has 0 aromatic carbocycles. The van der Waals surface area contributed by atoms with Gasteiger partial charge in [-0.05, 0) is 27.7 Å². The second-order valence-corrected chi connectivity index (χ2v) is 5.09. The molecule has 0 radical (unpaired) electrons. The minimum absolute atomic E-state index is 0.128. The molecule has 1 N–H and O–H groups in total. The lowest BCUT2D eigenvalue weighted by atomic mass is 10.0. The number of hydrogen-bond donors (Lipinski definition) is 1. The van der Waals surface area contributed by atoms with Gasteiger partial charge in [0.25, 0.3) is 0 Å². The second kappa shape index (κ2) is 6.78. The zero-order valence-electron chi connectivity index (χ0n) is 11.9. The van der Waals surface area contributed by atoms with Crippen molar-refractivity contribution in [2.24, 2.45) is 0 Å². The quantitative estimate of drug-likeness (QED) is 0.621. The Bertz CT molecular complexity index is 404. The summed E-state index contributed by atoms with van der Waals surface area (Å²) in [6.07, 6.45) is 2.28. The maximum Gasteiger partial charge on any atom is 0.408 e. The molecule has 0 heterocycles. The number of nitriles is 1. The second-order valence-electron chi connectivity index (χ2n) is 5.09. The molecule has 0 aliphatic rings. The van der Waals surface area contributed by atoms with Gasteiger partial charge in [0.1, 0.15) is 5.60 Å². The largest absolute Gasteiger partial charge is 0.467 e. The van der Waals surface area contributed by atoms with E-state index in [9.17, 15) is 9.59 Å². The van der Waals surface area contributed by atoms with Gasteiger partial charge in [0.2, 0.25) is 0 Å². The highest BCUT2D eigenvalue weighted by molar-refractivity contribution is 5.87. The lowest BCUT2D eigenvalue weighted by molar-refractivity contribution is -0.145. The van der Waals surface area contributed by atoms with Crippen LogP contribution in [-0.4, -0.2) is 30.3 Å². The van der Waals surface area contributed by atoms with Crippen LogP contribution in [0.25, 0.3) is 0 Å². The van der Waals surface area contributed by atoms with Gasteiger partial charge in [-0.3, -0.25) is 0 Å². The van der Waals surface area contributed by atoms with Crippen molar-refractivity contribution in [3.63, 3.8) is 0 Å². The van der Waals surface area contributed by atoms with Gasteiger partial charge in [-0.25, -0.2) is 9.59 Å². The van der Waals surface area contributed by atoms with Crippen LogP contribution >= 0.6 is 0 Å². The van der Waals surface area contributed by atoms with Crippen LogP contribution in [0.1, 0.15) is 34.1 Å². The molecule has 1 amide bonds. The molecule has 0 fully saturated rings. The number of nitrogens with one attached hydrogen (secondary N) is 1. The number of amides is 1. The fraction of sp³-hybridized carbons (Fsp3) is 0.615. The topological polar surface area (TPSA) is 88.4 Å². The molecule has 0 spiro atoms. The van der Waals surface area contributed by atoms with Crippen LogP contribution in [0.2, 0.25) is 0 Å². The Kier molecular flexibility index (Phi) is 6.06. The van der Waals surface area contributed by atoms with E-state index in [4.69, 9.17) is 10.00 Å². The molecule has 0 aromatic heterocycles. The SMILES string of the molecule is COC(=O)[C@@](C)(C=CCC#N)NC(=O)OC(C)(C)C. The van der Waals surface area contributed by atoms with Gasteiger partial charge < -0.3 is 14.8 Å². The van der Waals surface area contributed by atoms with Gasteiger partial charge in [-0.15, -0.1) is 0 Å². The lowest BCUT2D eigenvalue weighted by Crippen LogP contribution is -2.52. The van der Waals surface area contributed by atoms with Crippen molar-refractivity contribution >= 4 is 12.1 Å². The van der Waals surface area contributed by atoms with E-state index >= 15 is 0 Å². The van der Waals surface area contributed by atoms with Crippen LogP contribution < -0.4 is 5.32 Å². The fourth-order valence-electron chi connectivity index (χ4n) is 1.24. The van der Waals surface area contributed by atoms with Crippen molar-refractivity contribution in [2.75, 3.05) is 7.11 Å². The van der Waals surface area contributed by atoms with Crippen molar-refractivity contribution in [1.29, 1.82) is 5.26 Å². The number of alkyl carbamates (subject to hydrolysis) is 1. The highest BCUT2D eigenvalue weighted by atomic mass is 16.6. The Balaban J connectivity index is 4.93. The molecule has 19 heavy (non-hydrogen) atoms. The Hall–Kier alpha value is -2.03. The fourth-order valence-corrected chi connectivity index (χ4v) is 1.24. The normalized spacial score (nSPS) is 14.3. The summed E-state index contributed by atoms with van der Waals surface area (Å²) in [5.41, 5.74) is -2.04. The Morgan fingerprint density at radius 3 is 2.32 bits per heavy atom. The molecule has 0 saturated carbocycles. The standard InChI is InChI=1S/C13H20N2O4/c1-12(2,3)19-11(17)15-13(4,10(16)18-5)8-6-7-9-14/h6,8H,7H2,1-5H3,(H,15,17)/t13-/m1/s1. The summed E-state index contributed by atoms with van der Waals surface area (Å²) in [6, 6.07) is 1.91. The van der Waals surface area contributed by atoms with E-state index in [0.717, 1.165) is 0 Å². The molecule has 6 nitrogen and oxygen atoms in total. The predicted octanol–water partition coefficient (Wildman–Crippen LogP) is 1.91. The third-order valence-corrected chi connectivity index (χ3v) is 2.03. The molecule has 0 aromatic rings. The van der Waals surface area contributed by atoms with Crippen LogP contribution in [-0.2, 0) is 14.3 Å². The highest BCUT2D eigenvalue weighted by Gasteiger charge is 2.34. The highest BCUT2D eigenvalue weighted by Crippen LogP contribution is 2.12. The summed E-state index contributed by atoms with van der Waals surface area (Å²) in [5.74, 6) is -0.646. The van der Waals surface area contributed by atoms with Crippen molar-refractivity contribution in [2.45, 2.75) is 45.3 Å². The van der Waals surface area contributed by atoms with Crippen LogP contribution in [0.15, 0.2) is 12.2 Å². The summed E-state index contributed by atoms with van der Waals surface area (Å²) in [5, 5.41) is 10.9. The first-order valence-electron chi connectivity index (χ1n) is 5.79. The van der Waals surface area contributed by atoms with Crippen molar-refractivity contribution in [3.8, 4) is 6.07 Å². The van der Waals surface area contributed by atoms with Crippen LogP contribution in [0.3, 0.4) is 0 Å². The molecule has 0 saturated heterocycles. The summed E-state index contributed by atoms with van der Waals surface area (Å²) >= 11 is 0. The molecule has 0 rings (SSSR count). The first-order valence-corrected chi connectivity index (χ1v) is 5.79. The Morgan fingerprint density at radius 1 is 1.32 bits per heavy atom. The lowest BCUT2D eigenvalue weighted by Gasteiger charge is -2.27. The summed E-state index contributed by atoms with van der Waals surface area (Å²) < 4.78 is 9.71. The Morgan fingerprint density at radius 2 is 1.89 bits per heavy atom. The Labute approximate surface area is 113 Å². The van der Waals surface area contributed by atoms with Gasteiger partial charge in [-0.2, -0.15) is 5.26 Å². The maximum atomic E-state index is 11.7. The van der Waals surface area contributed by atoms with Gasteiger partial charge in [0, 0.05) is 0 Å². The molecular weight excluding hydrogens is 248 g/mol. The zero-order chi connectivity index (χ0) is 15.1. The van der Waals surface area contributed by atoms with Gasteiger partial charge in [-0.1, -0.05) is 12.2 Å². The van der Waals surface area contributed by atoms with E-state index < -0.39 is 23.2 Å². The predicted molar refractivity (Wildman–Crippen MR) is 69.2 cm³/mol. The van der Waals surface area contributed by atoms with Crippen molar-refractivity contribution in [1.82, 2.24) is 5.32 Å². The third kappa shape index (κ3) is 6.46. The maximum absolute atomic E-state index is 11.7. The molecule has 0 aliphatic carbocycles. The molecule has 6 heteroatoms. The third-order valence-electron chi connectivity index (χ3n) is 2.03. The summed E-state index contributed by atoms with van der Waals surface area (Å²) in [6.45, 7) is 6.62. The van der Waals surface area contributed by atoms with Gasteiger partial charge in [0.05, 0.1) is 19.6 Å². The minimum Gasteiger partial charge on any atom is -0.467 e. The van der Waals surface area contributed by atoms with Crippen molar-refractivity contribution in [3.05, 3.63) is 12.2 Å². The zero-order valence-corrected chi connectivity index (χ0v) is 11.9. The van der Waals surface area contributed by atoms with E-state index in [1.54, 1.807) is 20.8 Å². The number of esters is 1. The first kappa shape index (κ1) is 17.0. The van der Waals surface area contributed by atoms with E-state index in [1.165, 1.54) is 26.2 Å². The monoisotopic (exact) mass is 268 g/mol. The molecule has 106 valence electrons. The molecule has 0 bridgehead atoms. The van der Waals surface area contributed by atoms with E-state index in [2.05, 4.69) is 10.1 Å². The molecular formula is C13H20N2O4. The average Bonchev–Trinajstić information content (AvgIpc) is 2.25. The number of carbonyl (C=O) groups is 2. The summed E-state index contributed by atoms with van der Waals surface area (Å²) in [7, 11) is 1.22. The van der Waals surface area contributed by atoms with Gasteiger partial charge >= 0.3 is 12.1 Å². The summed E-state index contributed by atoms with van der Waals surface area (Å²) in [4.78, 5) is 23.4. The number of carbonyl (C=O) groups excluding carboxylic acids is 2.